The molecule has 0 radical (unpaired) electrons. The third-order valence-electron chi connectivity index (χ3n) is 3.22. The van der Waals surface area contributed by atoms with E-state index >= 15 is 0 Å². The lowest BCUT2D eigenvalue weighted by Gasteiger charge is -2.06. The van der Waals surface area contributed by atoms with E-state index in [1.807, 2.05) is 37.4 Å². The van der Waals surface area contributed by atoms with Gasteiger partial charge < -0.3 is 9.47 Å². The highest BCUT2D eigenvalue weighted by molar-refractivity contribution is 5.79. The van der Waals surface area contributed by atoms with Crippen molar-refractivity contribution in [2.75, 3.05) is 19.8 Å². The largest absolute Gasteiger partial charge is 0.489 e. The first-order valence-electron chi connectivity index (χ1n) is 7.83. The number of benzene rings is 2. The van der Waals surface area contributed by atoms with Gasteiger partial charge in [-0.1, -0.05) is 12.1 Å². The van der Waals surface area contributed by atoms with Gasteiger partial charge in [0.2, 0.25) is 0 Å². The van der Waals surface area contributed by atoms with Gasteiger partial charge in [0, 0.05) is 26.0 Å². The summed E-state index contributed by atoms with van der Waals surface area (Å²) in [6.07, 6.45) is 2.79. The number of hydrogen-bond acceptors (Lipinski definition) is 3. The van der Waals surface area contributed by atoms with E-state index in [1.54, 1.807) is 12.1 Å². The van der Waals surface area contributed by atoms with Crippen LogP contribution in [0.1, 0.15) is 24.5 Å². The third kappa shape index (κ3) is 6.61. The Morgan fingerprint density at radius 3 is 2.48 bits per heavy atom. The molecule has 0 saturated heterocycles. The topological polar surface area (TPSA) is 30.8 Å². The van der Waals surface area contributed by atoms with E-state index in [4.69, 9.17) is 9.47 Å². The number of aliphatic imine (C=N–C) groups is 1. The SMILES string of the molecule is CCOCCCN=Cc1ccc(OCc2ccc(F)cc2)cc1. The van der Waals surface area contributed by atoms with Gasteiger partial charge in [0.25, 0.3) is 0 Å². The minimum absolute atomic E-state index is 0.237. The van der Waals surface area contributed by atoms with Gasteiger partial charge in [-0.3, -0.25) is 4.99 Å². The van der Waals surface area contributed by atoms with Crippen LogP contribution in [0.2, 0.25) is 0 Å². The fraction of sp³-hybridized carbons (Fsp3) is 0.316. The zero-order valence-corrected chi connectivity index (χ0v) is 13.4. The van der Waals surface area contributed by atoms with Crippen LogP contribution in [0.3, 0.4) is 0 Å². The Morgan fingerprint density at radius 1 is 1.04 bits per heavy atom. The average molecular weight is 315 g/mol. The van der Waals surface area contributed by atoms with E-state index in [-0.39, 0.29) is 5.82 Å². The molecule has 23 heavy (non-hydrogen) atoms. The molecular weight excluding hydrogens is 293 g/mol. The van der Waals surface area contributed by atoms with Crippen LogP contribution in [-0.4, -0.2) is 26.0 Å². The van der Waals surface area contributed by atoms with Gasteiger partial charge in [-0.15, -0.1) is 0 Å². The van der Waals surface area contributed by atoms with Crippen LogP contribution >= 0.6 is 0 Å². The minimum atomic E-state index is -0.237. The predicted molar refractivity (Wildman–Crippen MR) is 90.7 cm³/mol. The second kappa shape index (κ2) is 9.74. The highest BCUT2D eigenvalue weighted by atomic mass is 19.1. The average Bonchev–Trinajstić information content (AvgIpc) is 2.58. The highest BCUT2D eigenvalue weighted by Crippen LogP contribution is 2.14. The first-order chi connectivity index (χ1) is 11.3. The summed E-state index contributed by atoms with van der Waals surface area (Å²) in [4.78, 5) is 4.36. The summed E-state index contributed by atoms with van der Waals surface area (Å²) in [5, 5.41) is 0. The van der Waals surface area contributed by atoms with Crippen LogP contribution in [0.15, 0.2) is 53.5 Å². The number of halogens is 1. The predicted octanol–water partition coefficient (Wildman–Crippen LogP) is 4.25. The van der Waals surface area contributed by atoms with E-state index in [2.05, 4.69) is 4.99 Å². The molecule has 0 unspecified atom stereocenters. The van der Waals surface area contributed by atoms with Crippen LogP contribution in [-0.2, 0) is 11.3 Å². The molecule has 0 N–H and O–H groups in total. The van der Waals surface area contributed by atoms with Crippen LogP contribution < -0.4 is 4.74 Å². The molecule has 0 heterocycles. The number of ether oxygens (including phenoxy) is 2. The summed E-state index contributed by atoms with van der Waals surface area (Å²) < 4.78 is 23.8. The van der Waals surface area contributed by atoms with E-state index in [9.17, 15) is 4.39 Å². The lowest BCUT2D eigenvalue weighted by Crippen LogP contribution is -1.96. The standard InChI is InChI=1S/C19H22FNO2/c1-2-22-13-3-12-21-14-16-6-10-19(11-7-16)23-15-17-4-8-18(20)9-5-17/h4-11,14H,2-3,12-13,15H2,1H3. The molecule has 0 fully saturated rings. The first kappa shape index (κ1) is 17.2. The fourth-order valence-electron chi connectivity index (χ4n) is 1.97. The smallest absolute Gasteiger partial charge is 0.123 e. The van der Waals surface area contributed by atoms with E-state index < -0.39 is 0 Å². The van der Waals surface area contributed by atoms with Gasteiger partial charge in [-0.25, -0.2) is 4.39 Å². The van der Waals surface area contributed by atoms with Gasteiger partial charge >= 0.3 is 0 Å². The quantitative estimate of drug-likeness (QED) is 0.511. The fourth-order valence-corrected chi connectivity index (χ4v) is 1.97. The molecule has 122 valence electrons. The molecule has 0 aliphatic carbocycles. The Labute approximate surface area is 136 Å². The van der Waals surface area contributed by atoms with Gasteiger partial charge in [-0.05, 0) is 60.9 Å². The lowest BCUT2D eigenvalue weighted by atomic mass is 10.2. The van der Waals surface area contributed by atoms with Crippen molar-refractivity contribution in [1.82, 2.24) is 0 Å². The molecular formula is C19H22FNO2. The normalized spacial score (nSPS) is 11.0. The molecule has 3 nitrogen and oxygen atoms in total. The summed E-state index contributed by atoms with van der Waals surface area (Å²) in [6.45, 7) is 4.68. The van der Waals surface area contributed by atoms with Crippen LogP contribution in [0.4, 0.5) is 4.39 Å². The maximum atomic E-state index is 12.8. The molecule has 0 aliphatic rings. The molecule has 0 bridgehead atoms. The molecule has 0 aliphatic heterocycles. The van der Waals surface area contributed by atoms with Crippen molar-refractivity contribution in [3.05, 3.63) is 65.5 Å². The van der Waals surface area contributed by atoms with Crippen molar-refractivity contribution in [3.8, 4) is 5.75 Å². The van der Waals surface area contributed by atoms with Crippen molar-refractivity contribution < 1.29 is 13.9 Å². The van der Waals surface area contributed by atoms with Crippen molar-refractivity contribution >= 4 is 6.21 Å². The summed E-state index contributed by atoms with van der Waals surface area (Å²) in [5.74, 6) is 0.543. The molecule has 4 heteroatoms. The monoisotopic (exact) mass is 315 g/mol. The van der Waals surface area contributed by atoms with Crippen LogP contribution in [0.25, 0.3) is 0 Å². The van der Waals surface area contributed by atoms with E-state index in [1.165, 1.54) is 12.1 Å². The van der Waals surface area contributed by atoms with Gasteiger partial charge in [-0.2, -0.15) is 0 Å². The number of nitrogens with zero attached hydrogens (tertiary/aromatic N) is 1. The summed E-state index contributed by atoms with van der Waals surface area (Å²) in [5.41, 5.74) is 1.97. The van der Waals surface area contributed by atoms with E-state index in [0.717, 1.165) is 43.1 Å². The molecule has 2 aromatic rings. The highest BCUT2D eigenvalue weighted by Gasteiger charge is 1.97. The Balaban J connectivity index is 1.75. The molecule has 0 atom stereocenters. The maximum Gasteiger partial charge on any atom is 0.123 e. The lowest BCUT2D eigenvalue weighted by molar-refractivity contribution is 0.146. The van der Waals surface area contributed by atoms with Crippen LogP contribution in [0.5, 0.6) is 5.75 Å². The molecule has 0 amide bonds. The Hall–Kier alpha value is -2.20. The van der Waals surface area contributed by atoms with Crippen LogP contribution in [0, 0.1) is 5.82 Å². The Kier molecular flexibility index (Phi) is 7.27. The third-order valence-corrected chi connectivity index (χ3v) is 3.22. The molecule has 0 spiro atoms. The molecule has 2 aromatic carbocycles. The first-order valence-corrected chi connectivity index (χ1v) is 7.83. The zero-order valence-electron chi connectivity index (χ0n) is 13.4. The Morgan fingerprint density at radius 2 is 1.78 bits per heavy atom. The van der Waals surface area contributed by atoms with Crippen molar-refractivity contribution in [2.24, 2.45) is 4.99 Å². The van der Waals surface area contributed by atoms with Gasteiger partial charge in [0.1, 0.15) is 18.2 Å². The number of hydrogen-bond donors (Lipinski definition) is 0. The summed E-state index contributed by atoms with van der Waals surface area (Å²) >= 11 is 0. The summed E-state index contributed by atoms with van der Waals surface area (Å²) in [6, 6.07) is 14.1. The van der Waals surface area contributed by atoms with Gasteiger partial charge in [0.05, 0.1) is 0 Å². The number of rotatable bonds is 9. The zero-order chi connectivity index (χ0) is 16.3. The molecule has 2 rings (SSSR count). The van der Waals surface area contributed by atoms with E-state index in [0.29, 0.717) is 6.61 Å². The summed E-state index contributed by atoms with van der Waals surface area (Å²) in [7, 11) is 0. The van der Waals surface area contributed by atoms with Gasteiger partial charge in [0.15, 0.2) is 0 Å². The second-order valence-electron chi connectivity index (χ2n) is 5.07. The minimum Gasteiger partial charge on any atom is -0.489 e. The molecule has 0 aromatic heterocycles. The van der Waals surface area contributed by atoms with Crippen molar-refractivity contribution in [2.45, 2.75) is 20.0 Å². The molecule has 0 saturated carbocycles. The maximum absolute atomic E-state index is 12.8. The Bertz CT molecular complexity index is 594. The van der Waals surface area contributed by atoms with Crippen molar-refractivity contribution in [3.63, 3.8) is 0 Å². The second-order valence-corrected chi connectivity index (χ2v) is 5.07. The van der Waals surface area contributed by atoms with Crippen molar-refractivity contribution in [1.29, 1.82) is 0 Å².